The second kappa shape index (κ2) is 7.71. The number of hydrogen-bond acceptors (Lipinski definition) is 4. The van der Waals surface area contributed by atoms with Crippen LogP contribution in [0.2, 0.25) is 0 Å². The molecule has 0 bridgehead atoms. The summed E-state index contributed by atoms with van der Waals surface area (Å²) in [5.74, 6) is 0.0702. The van der Waals surface area contributed by atoms with E-state index in [1.54, 1.807) is 24.3 Å². The number of hydrogen-bond donors (Lipinski definition) is 3. The van der Waals surface area contributed by atoms with Crippen molar-refractivity contribution in [3.8, 4) is 0 Å². The number of amides is 2. The Kier molecular flexibility index (Phi) is 5.32. The summed E-state index contributed by atoms with van der Waals surface area (Å²) in [4.78, 5) is 32.4. The number of carbonyl (C=O) groups is 2. The Hall–Kier alpha value is -3.74. The number of anilines is 3. The third kappa shape index (κ3) is 4.08. The Bertz CT molecular complexity index is 1050. The molecule has 7 heteroatoms. The van der Waals surface area contributed by atoms with E-state index in [0.717, 1.165) is 16.8 Å². The van der Waals surface area contributed by atoms with Gasteiger partial charge in [-0.3, -0.25) is 14.6 Å². The maximum Gasteiger partial charge on any atom is 0.255 e. The molecule has 2 amide bonds. The summed E-state index contributed by atoms with van der Waals surface area (Å²) in [7, 11) is 0. The van der Waals surface area contributed by atoms with Crippen molar-refractivity contribution >= 4 is 41.9 Å². The van der Waals surface area contributed by atoms with Crippen LogP contribution < -0.4 is 16.0 Å². The number of aryl methyl sites for hydroxylation is 1. The third-order valence-corrected chi connectivity index (χ3v) is 4.84. The van der Waals surface area contributed by atoms with Crippen LogP contribution in [0, 0.1) is 6.92 Å². The summed E-state index contributed by atoms with van der Waals surface area (Å²) in [6.07, 6.45) is 1.29. The van der Waals surface area contributed by atoms with Crippen LogP contribution in [0.3, 0.4) is 0 Å². The highest BCUT2D eigenvalue weighted by atomic mass is 16.2. The van der Waals surface area contributed by atoms with E-state index in [2.05, 4.69) is 39.2 Å². The van der Waals surface area contributed by atoms with E-state index in [9.17, 15) is 9.59 Å². The van der Waals surface area contributed by atoms with Crippen molar-refractivity contribution < 1.29 is 9.59 Å². The summed E-state index contributed by atoms with van der Waals surface area (Å²) in [5.41, 5.74) is 3.75. The lowest BCUT2D eigenvalue weighted by Gasteiger charge is -2.16. The molecule has 1 aliphatic rings. The Morgan fingerprint density at radius 1 is 1.17 bits per heavy atom. The van der Waals surface area contributed by atoms with Crippen LogP contribution in [-0.4, -0.2) is 24.9 Å². The summed E-state index contributed by atoms with van der Waals surface area (Å²) in [6.45, 7) is 12.7. The molecule has 7 nitrogen and oxygen atoms in total. The van der Waals surface area contributed by atoms with Gasteiger partial charge in [-0.15, -0.1) is 0 Å². The van der Waals surface area contributed by atoms with E-state index < -0.39 is 5.41 Å². The highest BCUT2D eigenvalue weighted by Gasteiger charge is 2.38. The number of carbonyl (C=O) groups excluding carboxylic acids is 2. The Balaban J connectivity index is 1.80. The number of benzene rings is 2. The first-order valence-corrected chi connectivity index (χ1v) is 9.04. The van der Waals surface area contributed by atoms with Crippen LogP contribution in [0.15, 0.2) is 58.8 Å². The van der Waals surface area contributed by atoms with Crippen molar-refractivity contribution in [1.29, 1.82) is 0 Å². The molecule has 2 aromatic rings. The first-order chi connectivity index (χ1) is 13.7. The average Bonchev–Trinajstić information content (AvgIpc) is 2.90. The van der Waals surface area contributed by atoms with Gasteiger partial charge in [-0.25, -0.2) is 4.99 Å². The van der Waals surface area contributed by atoms with E-state index in [1.165, 1.54) is 6.34 Å². The van der Waals surface area contributed by atoms with E-state index in [1.807, 2.05) is 32.9 Å². The van der Waals surface area contributed by atoms with Crippen LogP contribution in [0.25, 0.3) is 0 Å². The molecule has 1 heterocycles. The van der Waals surface area contributed by atoms with Crippen molar-refractivity contribution in [2.24, 2.45) is 9.98 Å². The second-order valence-corrected chi connectivity index (χ2v) is 7.32. The molecule has 3 rings (SSSR count). The van der Waals surface area contributed by atoms with Gasteiger partial charge in [0.25, 0.3) is 5.91 Å². The molecule has 0 fully saturated rings. The van der Waals surface area contributed by atoms with Crippen LogP contribution >= 0.6 is 0 Å². The minimum absolute atomic E-state index is 0.0558. The summed E-state index contributed by atoms with van der Waals surface area (Å²) in [6, 6.07) is 10.7. The molecule has 148 valence electrons. The molecule has 0 atom stereocenters. The molecule has 0 spiro atoms. The van der Waals surface area contributed by atoms with E-state index >= 15 is 0 Å². The highest BCUT2D eigenvalue weighted by molar-refractivity contribution is 6.08. The maximum atomic E-state index is 12.8. The van der Waals surface area contributed by atoms with Gasteiger partial charge in [0.1, 0.15) is 12.2 Å². The highest BCUT2D eigenvalue weighted by Crippen LogP contribution is 2.38. The van der Waals surface area contributed by atoms with Crippen molar-refractivity contribution in [3.63, 3.8) is 0 Å². The van der Waals surface area contributed by atoms with Crippen LogP contribution in [-0.2, 0) is 10.2 Å². The van der Waals surface area contributed by atoms with Crippen molar-refractivity contribution in [2.45, 2.75) is 26.2 Å². The SMILES string of the molecule is C=N/C=N\C(=C)Nc1cc(C(=O)Nc2ccc3c(c2)C(C)(C)C(=O)N3)ccc1C. The molecule has 0 aromatic heterocycles. The Morgan fingerprint density at radius 3 is 2.66 bits per heavy atom. The Labute approximate surface area is 169 Å². The predicted octanol–water partition coefficient (Wildman–Crippen LogP) is 4.09. The van der Waals surface area contributed by atoms with E-state index in [0.29, 0.717) is 22.8 Å². The lowest BCUT2D eigenvalue weighted by molar-refractivity contribution is -0.119. The molecular weight excluding hydrogens is 366 g/mol. The second-order valence-electron chi connectivity index (χ2n) is 7.32. The smallest absolute Gasteiger partial charge is 0.255 e. The summed E-state index contributed by atoms with van der Waals surface area (Å²) in [5, 5.41) is 8.80. The van der Waals surface area contributed by atoms with Crippen LogP contribution in [0.1, 0.15) is 35.3 Å². The van der Waals surface area contributed by atoms with Crippen LogP contribution in [0.4, 0.5) is 17.1 Å². The molecule has 0 saturated carbocycles. The summed E-state index contributed by atoms with van der Waals surface area (Å²) >= 11 is 0. The monoisotopic (exact) mass is 389 g/mol. The summed E-state index contributed by atoms with van der Waals surface area (Å²) < 4.78 is 0. The third-order valence-electron chi connectivity index (χ3n) is 4.84. The van der Waals surface area contributed by atoms with Crippen molar-refractivity contribution in [3.05, 3.63) is 65.5 Å². The van der Waals surface area contributed by atoms with Gasteiger partial charge in [-0.1, -0.05) is 12.6 Å². The number of rotatable bonds is 6. The molecule has 3 N–H and O–H groups in total. The molecule has 0 aliphatic carbocycles. The largest absolute Gasteiger partial charge is 0.340 e. The molecule has 0 radical (unpaired) electrons. The molecule has 0 saturated heterocycles. The van der Waals surface area contributed by atoms with E-state index in [4.69, 9.17) is 0 Å². The van der Waals surface area contributed by atoms with E-state index in [-0.39, 0.29) is 11.8 Å². The van der Waals surface area contributed by atoms with Gasteiger partial charge < -0.3 is 16.0 Å². The zero-order chi connectivity index (χ0) is 21.2. The van der Waals surface area contributed by atoms with Crippen LogP contribution in [0.5, 0.6) is 0 Å². The first kappa shape index (κ1) is 20.0. The fraction of sp³-hybridized carbons (Fsp3) is 0.182. The lowest BCUT2D eigenvalue weighted by Crippen LogP contribution is -2.26. The normalized spacial score (nSPS) is 14.2. The van der Waals surface area contributed by atoms with Gasteiger partial charge >= 0.3 is 0 Å². The fourth-order valence-corrected chi connectivity index (χ4v) is 3.05. The van der Waals surface area contributed by atoms with Gasteiger partial charge in [-0.05, 0) is 68.9 Å². The zero-order valence-corrected chi connectivity index (χ0v) is 16.7. The molecule has 2 aromatic carbocycles. The number of nitrogens with one attached hydrogen (secondary N) is 3. The average molecular weight is 389 g/mol. The minimum Gasteiger partial charge on any atom is -0.340 e. The van der Waals surface area contributed by atoms with Crippen molar-refractivity contribution in [1.82, 2.24) is 0 Å². The number of nitrogens with zero attached hydrogens (tertiary/aromatic N) is 2. The quantitative estimate of drug-likeness (QED) is 0.513. The van der Waals surface area contributed by atoms with Gasteiger partial charge in [0.2, 0.25) is 5.91 Å². The fourth-order valence-electron chi connectivity index (χ4n) is 3.05. The maximum absolute atomic E-state index is 12.8. The van der Waals surface area contributed by atoms with Crippen molar-refractivity contribution in [2.75, 3.05) is 16.0 Å². The minimum atomic E-state index is -0.641. The van der Waals surface area contributed by atoms with Gasteiger partial charge in [0.05, 0.1) is 5.41 Å². The lowest BCUT2D eigenvalue weighted by atomic mass is 9.86. The standard InChI is InChI=1S/C22H23N5O2/c1-13-6-7-15(10-19(13)25-14(2)24-12-23-5)20(28)26-16-8-9-18-17(11-16)22(3,4)21(29)27-18/h6-12,25H,2,5H2,1,3-4H3,(H,26,28)(H,27,29)/b24-12-. The number of aliphatic imine (C=N–C) groups is 2. The van der Waals surface area contributed by atoms with Gasteiger partial charge in [-0.2, -0.15) is 0 Å². The molecule has 1 aliphatic heterocycles. The van der Waals surface area contributed by atoms with Gasteiger partial charge in [0.15, 0.2) is 0 Å². The Morgan fingerprint density at radius 2 is 1.93 bits per heavy atom. The number of fused-ring (bicyclic) bond motifs is 1. The van der Waals surface area contributed by atoms with Gasteiger partial charge in [0, 0.05) is 22.6 Å². The molecule has 29 heavy (non-hydrogen) atoms. The first-order valence-electron chi connectivity index (χ1n) is 9.04. The molecule has 0 unspecified atom stereocenters. The zero-order valence-electron chi connectivity index (χ0n) is 16.7. The molecular formula is C22H23N5O2. The predicted molar refractivity (Wildman–Crippen MR) is 118 cm³/mol. The topological polar surface area (TPSA) is 94.9 Å².